The molecule has 1 atom stereocenters. The zero-order valence-corrected chi connectivity index (χ0v) is 19.3. The van der Waals surface area contributed by atoms with Crippen molar-refractivity contribution < 1.29 is 4.21 Å². The molecule has 0 fully saturated rings. The van der Waals surface area contributed by atoms with E-state index in [1.807, 2.05) is 25.2 Å². The number of aryl methyl sites for hydroxylation is 2. The minimum absolute atomic E-state index is 0.233. The summed E-state index contributed by atoms with van der Waals surface area (Å²) in [6.07, 6.45) is 0.868. The molecule has 2 rings (SSSR count). The highest BCUT2D eigenvalue weighted by molar-refractivity contribution is 8.07. The summed E-state index contributed by atoms with van der Waals surface area (Å²) in [5.41, 5.74) is 3.86. The van der Waals surface area contributed by atoms with Gasteiger partial charge >= 0.3 is 0 Å². The van der Waals surface area contributed by atoms with Crippen molar-refractivity contribution in [3.63, 3.8) is 0 Å². The first-order valence-corrected chi connectivity index (χ1v) is 12.5. The lowest BCUT2D eigenvalue weighted by Gasteiger charge is -2.07. The Hall–Kier alpha value is -0.690. The minimum atomic E-state index is -0.738. The van der Waals surface area contributed by atoms with Gasteiger partial charge in [0.05, 0.1) is 9.24 Å². The molecule has 1 heterocycles. The standard InChI is InChI=1S/C20H27NOS4/c1-13(2)26(22)10-9-15(4)12-23-17(6)21-25-20-16(5)18-11-14(3)7-8-19(18)24-20/h7-8,11-13,21H,6,9-10H2,1-5H3/b15-12+. The number of hydrogen-bond donors (Lipinski definition) is 1. The third-order valence-corrected chi connectivity index (χ3v) is 9.03. The summed E-state index contributed by atoms with van der Waals surface area (Å²) in [6.45, 7) is 14.5. The Labute approximate surface area is 172 Å². The van der Waals surface area contributed by atoms with Crippen LogP contribution in [0.3, 0.4) is 0 Å². The van der Waals surface area contributed by atoms with Crippen LogP contribution in [-0.2, 0) is 10.8 Å². The lowest BCUT2D eigenvalue weighted by molar-refractivity contribution is 0.676. The fraction of sp³-hybridized carbons (Fsp3) is 0.400. The van der Waals surface area contributed by atoms with E-state index in [1.165, 1.54) is 31.0 Å². The molecule has 1 N–H and O–H groups in total. The van der Waals surface area contributed by atoms with Crippen molar-refractivity contribution in [3.8, 4) is 0 Å². The maximum Gasteiger partial charge on any atom is 0.0849 e. The Balaban J connectivity index is 1.86. The summed E-state index contributed by atoms with van der Waals surface area (Å²) in [6, 6.07) is 6.61. The van der Waals surface area contributed by atoms with Crippen LogP contribution in [0.4, 0.5) is 0 Å². The summed E-state index contributed by atoms with van der Waals surface area (Å²) in [5.74, 6) is 0.732. The molecule has 1 aromatic carbocycles. The first-order valence-electron chi connectivity index (χ1n) is 8.59. The maximum absolute atomic E-state index is 11.8. The first kappa shape index (κ1) is 21.6. The number of thioether (sulfide) groups is 1. The van der Waals surface area contributed by atoms with Gasteiger partial charge in [-0.1, -0.05) is 55.5 Å². The molecule has 26 heavy (non-hydrogen) atoms. The number of fused-ring (bicyclic) bond motifs is 1. The van der Waals surface area contributed by atoms with Crippen LogP contribution in [0, 0.1) is 13.8 Å². The Morgan fingerprint density at radius 2 is 2.12 bits per heavy atom. The summed E-state index contributed by atoms with van der Waals surface area (Å²) in [5, 5.41) is 4.59. The zero-order chi connectivity index (χ0) is 19.3. The van der Waals surface area contributed by atoms with Crippen LogP contribution in [0.5, 0.6) is 0 Å². The van der Waals surface area contributed by atoms with Gasteiger partial charge in [-0.25, -0.2) is 0 Å². The van der Waals surface area contributed by atoms with Crippen LogP contribution in [0.15, 0.2) is 45.0 Å². The van der Waals surface area contributed by atoms with Gasteiger partial charge in [-0.2, -0.15) is 0 Å². The van der Waals surface area contributed by atoms with E-state index in [-0.39, 0.29) is 5.25 Å². The molecule has 0 amide bonds. The van der Waals surface area contributed by atoms with Crippen molar-refractivity contribution in [2.45, 2.75) is 50.5 Å². The summed E-state index contributed by atoms with van der Waals surface area (Å²) >= 11 is 5.04. The molecule has 1 aromatic heterocycles. The molecule has 0 bridgehead atoms. The van der Waals surface area contributed by atoms with Crippen molar-refractivity contribution >= 4 is 55.9 Å². The van der Waals surface area contributed by atoms with Gasteiger partial charge in [0.15, 0.2) is 0 Å². The van der Waals surface area contributed by atoms with E-state index >= 15 is 0 Å². The highest BCUT2D eigenvalue weighted by Gasteiger charge is 2.10. The topological polar surface area (TPSA) is 29.1 Å². The van der Waals surface area contributed by atoms with Crippen LogP contribution in [0.2, 0.25) is 0 Å². The third kappa shape index (κ3) is 6.19. The van der Waals surface area contributed by atoms with Crippen molar-refractivity contribution in [3.05, 3.63) is 51.9 Å². The third-order valence-electron chi connectivity index (χ3n) is 3.93. The smallest absolute Gasteiger partial charge is 0.0849 e. The van der Waals surface area contributed by atoms with Crippen molar-refractivity contribution in [2.24, 2.45) is 0 Å². The van der Waals surface area contributed by atoms with Gasteiger partial charge in [0.25, 0.3) is 0 Å². The van der Waals surface area contributed by atoms with Crippen LogP contribution in [0.1, 0.15) is 38.3 Å². The van der Waals surface area contributed by atoms with E-state index in [9.17, 15) is 4.21 Å². The van der Waals surface area contributed by atoms with E-state index in [4.69, 9.17) is 0 Å². The van der Waals surface area contributed by atoms with Gasteiger partial charge in [-0.3, -0.25) is 4.21 Å². The van der Waals surface area contributed by atoms with Gasteiger partial charge < -0.3 is 4.72 Å². The molecule has 0 spiro atoms. The first-order chi connectivity index (χ1) is 12.3. The number of benzene rings is 1. The average molecular weight is 426 g/mol. The Bertz CT molecular complexity index is 836. The van der Waals surface area contributed by atoms with Crippen LogP contribution in [-0.4, -0.2) is 15.2 Å². The van der Waals surface area contributed by atoms with E-state index in [0.717, 1.165) is 17.2 Å². The second-order valence-electron chi connectivity index (χ2n) is 6.61. The summed E-state index contributed by atoms with van der Waals surface area (Å²) in [7, 11) is -0.738. The molecular weight excluding hydrogens is 398 g/mol. The second-order valence-corrected chi connectivity index (χ2v) is 11.8. The van der Waals surface area contributed by atoms with Crippen LogP contribution < -0.4 is 4.72 Å². The predicted octanol–water partition coefficient (Wildman–Crippen LogP) is 6.77. The predicted molar refractivity (Wildman–Crippen MR) is 124 cm³/mol. The van der Waals surface area contributed by atoms with Crippen LogP contribution in [0.25, 0.3) is 10.1 Å². The van der Waals surface area contributed by atoms with Gasteiger partial charge in [-0.05, 0) is 61.6 Å². The number of hydrogen-bond acceptors (Lipinski definition) is 5. The number of nitrogens with one attached hydrogen (secondary N) is 1. The van der Waals surface area contributed by atoms with Gasteiger partial charge in [0.1, 0.15) is 0 Å². The normalized spacial score (nSPS) is 13.4. The lowest BCUT2D eigenvalue weighted by Crippen LogP contribution is -2.09. The highest BCUT2D eigenvalue weighted by atomic mass is 32.2. The SMILES string of the molecule is C=C(NSc1sc2ccc(C)cc2c1C)S/C=C(\C)CCS(=O)C(C)C. The Kier molecular flexibility index (Phi) is 8.33. The molecule has 2 nitrogen and oxygen atoms in total. The van der Waals surface area contributed by atoms with Gasteiger partial charge in [-0.15, -0.1) is 11.3 Å². The van der Waals surface area contributed by atoms with Crippen molar-refractivity contribution in [1.29, 1.82) is 0 Å². The number of rotatable bonds is 9. The fourth-order valence-corrected chi connectivity index (χ4v) is 5.99. The molecule has 2 aromatic rings. The fourth-order valence-electron chi connectivity index (χ4n) is 2.26. The molecular formula is C20H27NOS4. The largest absolute Gasteiger partial charge is 0.320 e. The van der Waals surface area contributed by atoms with Crippen molar-refractivity contribution in [2.75, 3.05) is 5.75 Å². The Morgan fingerprint density at radius 3 is 2.81 bits per heavy atom. The van der Waals surface area contributed by atoms with E-state index in [0.29, 0.717) is 0 Å². The quantitative estimate of drug-likeness (QED) is 0.449. The molecule has 0 radical (unpaired) electrons. The molecule has 6 heteroatoms. The Morgan fingerprint density at radius 1 is 1.38 bits per heavy atom. The molecule has 142 valence electrons. The monoisotopic (exact) mass is 425 g/mol. The zero-order valence-electron chi connectivity index (χ0n) is 16.0. The van der Waals surface area contributed by atoms with E-state index < -0.39 is 10.8 Å². The molecule has 1 unspecified atom stereocenters. The maximum atomic E-state index is 11.8. The number of allylic oxidation sites excluding steroid dienone is 1. The lowest BCUT2D eigenvalue weighted by atomic mass is 10.1. The number of thiophene rings is 1. The highest BCUT2D eigenvalue weighted by Crippen LogP contribution is 2.37. The van der Waals surface area contributed by atoms with Crippen LogP contribution >= 0.6 is 35.0 Å². The molecule has 0 aliphatic rings. The summed E-state index contributed by atoms with van der Waals surface area (Å²) < 4.78 is 17.8. The molecule has 0 saturated carbocycles. The molecule has 0 aliphatic carbocycles. The molecule has 0 saturated heterocycles. The van der Waals surface area contributed by atoms with E-state index in [1.54, 1.807) is 23.7 Å². The van der Waals surface area contributed by atoms with Gasteiger partial charge in [0.2, 0.25) is 0 Å². The second kappa shape index (κ2) is 10.0. The van der Waals surface area contributed by atoms with Gasteiger partial charge in [0, 0.05) is 26.5 Å². The van der Waals surface area contributed by atoms with E-state index in [2.05, 4.69) is 55.7 Å². The average Bonchev–Trinajstić information content (AvgIpc) is 2.91. The molecule has 0 aliphatic heterocycles. The minimum Gasteiger partial charge on any atom is -0.320 e. The summed E-state index contributed by atoms with van der Waals surface area (Å²) in [4.78, 5) is 0. The van der Waals surface area contributed by atoms with Crippen molar-refractivity contribution in [1.82, 2.24) is 4.72 Å².